The highest BCUT2D eigenvalue weighted by Crippen LogP contribution is 2.13. The molecule has 14 heavy (non-hydrogen) atoms. The van der Waals surface area contributed by atoms with Crippen molar-refractivity contribution >= 4 is 11.6 Å². The van der Waals surface area contributed by atoms with Gasteiger partial charge in [-0.3, -0.25) is 4.79 Å². The fraction of sp³-hybridized carbons (Fsp3) is 0.300. The normalized spacial score (nSPS) is 9.57. The van der Waals surface area contributed by atoms with Crippen LogP contribution in [0.25, 0.3) is 0 Å². The summed E-state index contributed by atoms with van der Waals surface area (Å²) < 4.78 is 0. The summed E-state index contributed by atoms with van der Waals surface area (Å²) in [5, 5.41) is 5.56. The second kappa shape index (κ2) is 5.24. The third-order valence-corrected chi connectivity index (χ3v) is 1.96. The molecule has 0 fully saturated rings. The third kappa shape index (κ3) is 2.74. The van der Waals surface area contributed by atoms with Gasteiger partial charge in [-0.1, -0.05) is 18.2 Å². The number of amides is 1. The Labute approximate surface area is 83.5 Å². The molecule has 0 bridgehead atoms. The molecule has 0 aliphatic heterocycles. The first-order valence-electron chi connectivity index (χ1n) is 4.50. The number of carbonyl (C=O) groups is 1. The molecule has 0 radical (unpaired) electrons. The molecule has 0 spiro atoms. The Bertz CT molecular complexity index is 312. The lowest BCUT2D eigenvalue weighted by molar-refractivity contribution is -0.118. The van der Waals surface area contributed by atoms with E-state index in [2.05, 4.69) is 10.6 Å². The van der Waals surface area contributed by atoms with Crippen LogP contribution < -0.4 is 16.4 Å². The van der Waals surface area contributed by atoms with Crippen LogP contribution in [0.3, 0.4) is 0 Å². The predicted molar refractivity (Wildman–Crippen MR) is 56.9 cm³/mol. The first kappa shape index (κ1) is 10.5. The smallest absolute Gasteiger partial charge is 0.239 e. The quantitative estimate of drug-likeness (QED) is 0.644. The number of nitrogens with one attached hydrogen (secondary N) is 2. The second-order valence-corrected chi connectivity index (χ2v) is 2.89. The van der Waals surface area contributed by atoms with E-state index in [1.807, 2.05) is 24.3 Å². The fourth-order valence-electron chi connectivity index (χ4n) is 1.13. The molecular formula is C10H15N3O. The molecule has 1 aromatic rings. The lowest BCUT2D eigenvalue weighted by Gasteiger charge is -2.09. The zero-order valence-electron chi connectivity index (χ0n) is 8.21. The van der Waals surface area contributed by atoms with Crippen molar-refractivity contribution in [3.05, 3.63) is 29.8 Å². The van der Waals surface area contributed by atoms with Gasteiger partial charge in [-0.15, -0.1) is 0 Å². The van der Waals surface area contributed by atoms with Crippen molar-refractivity contribution in [3.63, 3.8) is 0 Å². The standard InChI is InChI=1S/C10H15N3O/c1-12-10(14)7-13-9-5-3-2-4-8(9)6-11/h2-5,13H,6-7,11H2,1H3,(H,12,14). The molecule has 0 saturated heterocycles. The maximum Gasteiger partial charge on any atom is 0.239 e. The van der Waals surface area contributed by atoms with Crippen molar-refractivity contribution in [2.75, 3.05) is 18.9 Å². The Kier molecular flexibility index (Phi) is 3.94. The van der Waals surface area contributed by atoms with Gasteiger partial charge in [-0.25, -0.2) is 0 Å². The average Bonchev–Trinajstić information content (AvgIpc) is 2.26. The van der Waals surface area contributed by atoms with Gasteiger partial charge in [-0.2, -0.15) is 0 Å². The van der Waals surface area contributed by atoms with E-state index in [4.69, 9.17) is 5.73 Å². The number of nitrogens with two attached hydrogens (primary N) is 1. The Morgan fingerprint density at radius 2 is 2.14 bits per heavy atom. The third-order valence-electron chi connectivity index (χ3n) is 1.96. The number of benzene rings is 1. The number of hydrogen-bond acceptors (Lipinski definition) is 3. The van der Waals surface area contributed by atoms with Crippen molar-refractivity contribution < 1.29 is 4.79 Å². The van der Waals surface area contributed by atoms with Crippen LogP contribution in [0.5, 0.6) is 0 Å². The average molecular weight is 193 g/mol. The first-order chi connectivity index (χ1) is 6.77. The van der Waals surface area contributed by atoms with E-state index >= 15 is 0 Å². The van der Waals surface area contributed by atoms with Gasteiger partial charge in [-0.05, 0) is 11.6 Å². The molecule has 0 aliphatic carbocycles. The van der Waals surface area contributed by atoms with Crippen LogP contribution in [0.15, 0.2) is 24.3 Å². The lowest BCUT2D eigenvalue weighted by Crippen LogP contribution is -2.26. The minimum Gasteiger partial charge on any atom is -0.376 e. The van der Waals surface area contributed by atoms with E-state index < -0.39 is 0 Å². The molecule has 76 valence electrons. The number of likely N-dealkylation sites (N-methyl/N-ethyl adjacent to an activating group) is 1. The summed E-state index contributed by atoms with van der Waals surface area (Å²) in [6.45, 7) is 0.741. The maximum atomic E-state index is 11.0. The summed E-state index contributed by atoms with van der Waals surface area (Å²) in [7, 11) is 1.61. The second-order valence-electron chi connectivity index (χ2n) is 2.89. The van der Waals surface area contributed by atoms with Gasteiger partial charge in [0.2, 0.25) is 5.91 Å². The van der Waals surface area contributed by atoms with E-state index in [0.29, 0.717) is 6.54 Å². The number of hydrogen-bond donors (Lipinski definition) is 3. The van der Waals surface area contributed by atoms with E-state index in [9.17, 15) is 4.79 Å². The minimum absolute atomic E-state index is 0.0446. The van der Waals surface area contributed by atoms with E-state index in [-0.39, 0.29) is 12.5 Å². The topological polar surface area (TPSA) is 67.2 Å². The van der Waals surface area contributed by atoms with E-state index in [1.54, 1.807) is 7.05 Å². The molecule has 0 heterocycles. The highest BCUT2D eigenvalue weighted by molar-refractivity contribution is 5.80. The van der Waals surface area contributed by atoms with E-state index in [0.717, 1.165) is 11.3 Å². The lowest BCUT2D eigenvalue weighted by atomic mass is 10.2. The predicted octanol–water partition coefficient (Wildman–Crippen LogP) is 0.303. The maximum absolute atomic E-state index is 11.0. The zero-order chi connectivity index (χ0) is 10.4. The summed E-state index contributed by atoms with van der Waals surface area (Å²) in [5.74, 6) is -0.0446. The van der Waals surface area contributed by atoms with Crippen LogP contribution in [-0.2, 0) is 11.3 Å². The van der Waals surface area contributed by atoms with Gasteiger partial charge >= 0.3 is 0 Å². The molecule has 4 heteroatoms. The van der Waals surface area contributed by atoms with Gasteiger partial charge in [0.1, 0.15) is 0 Å². The van der Waals surface area contributed by atoms with E-state index in [1.165, 1.54) is 0 Å². The summed E-state index contributed by atoms with van der Waals surface area (Å²) in [6.07, 6.45) is 0. The minimum atomic E-state index is -0.0446. The van der Waals surface area contributed by atoms with Crippen LogP contribution >= 0.6 is 0 Å². The molecule has 4 N–H and O–H groups in total. The van der Waals surface area contributed by atoms with Crippen molar-refractivity contribution in [1.29, 1.82) is 0 Å². The molecule has 0 aromatic heterocycles. The monoisotopic (exact) mass is 193 g/mol. The van der Waals surface area contributed by atoms with Gasteiger partial charge < -0.3 is 16.4 Å². The molecular weight excluding hydrogens is 178 g/mol. The summed E-state index contributed by atoms with van der Waals surface area (Å²) in [6, 6.07) is 7.68. The Morgan fingerprint density at radius 3 is 2.79 bits per heavy atom. The van der Waals surface area contributed by atoms with Gasteiger partial charge in [0.25, 0.3) is 0 Å². The number of carbonyl (C=O) groups excluding carboxylic acids is 1. The highest BCUT2D eigenvalue weighted by atomic mass is 16.1. The summed E-state index contributed by atoms with van der Waals surface area (Å²) >= 11 is 0. The molecule has 0 saturated carbocycles. The molecule has 1 aromatic carbocycles. The Morgan fingerprint density at radius 1 is 1.43 bits per heavy atom. The van der Waals surface area contributed by atoms with Crippen molar-refractivity contribution in [1.82, 2.24) is 5.32 Å². The molecule has 0 aliphatic rings. The van der Waals surface area contributed by atoms with Gasteiger partial charge in [0, 0.05) is 19.3 Å². The summed E-state index contributed by atoms with van der Waals surface area (Å²) in [4.78, 5) is 11.0. The van der Waals surface area contributed by atoms with Crippen molar-refractivity contribution in [2.45, 2.75) is 6.54 Å². The number of rotatable bonds is 4. The summed E-state index contributed by atoms with van der Waals surface area (Å²) in [5.41, 5.74) is 7.47. The molecule has 1 rings (SSSR count). The first-order valence-corrected chi connectivity index (χ1v) is 4.50. The largest absolute Gasteiger partial charge is 0.376 e. The van der Waals surface area contributed by atoms with Gasteiger partial charge in [0.05, 0.1) is 6.54 Å². The van der Waals surface area contributed by atoms with Crippen LogP contribution in [-0.4, -0.2) is 19.5 Å². The Balaban J connectivity index is 2.61. The van der Waals surface area contributed by atoms with Crippen LogP contribution in [0.1, 0.15) is 5.56 Å². The zero-order valence-corrected chi connectivity index (χ0v) is 8.21. The van der Waals surface area contributed by atoms with Crippen LogP contribution in [0.4, 0.5) is 5.69 Å². The molecule has 0 unspecified atom stereocenters. The fourth-order valence-corrected chi connectivity index (χ4v) is 1.13. The molecule has 4 nitrogen and oxygen atoms in total. The van der Waals surface area contributed by atoms with Gasteiger partial charge in [0.15, 0.2) is 0 Å². The number of para-hydroxylation sites is 1. The van der Waals surface area contributed by atoms with Crippen LogP contribution in [0.2, 0.25) is 0 Å². The molecule has 0 atom stereocenters. The highest BCUT2D eigenvalue weighted by Gasteiger charge is 2.01. The van der Waals surface area contributed by atoms with Crippen molar-refractivity contribution in [3.8, 4) is 0 Å². The molecule has 1 amide bonds. The Hall–Kier alpha value is -1.55. The SMILES string of the molecule is CNC(=O)CNc1ccccc1CN. The van der Waals surface area contributed by atoms with Crippen LogP contribution in [0, 0.1) is 0 Å². The number of anilines is 1. The van der Waals surface area contributed by atoms with Crippen molar-refractivity contribution in [2.24, 2.45) is 5.73 Å².